The van der Waals surface area contributed by atoms with E-state index in [0.29, 0.717) is 10.6 Å². The van der Waals surface area contributed by atoms with Gasteiger partial charge in [0.15, 0.2) is 0 Å². The standard InChI is InChI=1S/C19H18ClN3O/c1-19(2,15-4-3-5-16(20)12-15)22-18(24)14-6-8-17(9-7-14)23-11-10-21-13-23/h3-13H,1-2H3,(H,22,24). The monoisotopic (exact) mass is 339 g/mol. The van der Waals surface area contributed by atoms with E-state index in [1.807, 2.05) is 61.0 Å². The summed E-state index contributed by atoms with van der Waals surface area (Å²) in [5.74, 6) is -0.128. The van der Waals surface area contributed by atoms with E-state index in [2.05, 4.69) is 10.3 Å². The Hall–Kier alpha value is -2.59. The van der Waals surface area contributed by atoms with Crippen LogP contribution in [0.5, 0.6) is 0 Å². The van der Waals surface area contributed by atoms with Crippen LogP contribution in [-0.2, 0) is 5.54 Å². The summed E-state index contributed by atoms with van der Waals surface area (Å²) >= 11 is 6.05. The van der Waals surface area contributed by atoms with Gasteiger partial charge in [-0.1, -0.05) is 23.7 Å². The van der Waals surface area contributed by atoms with Crippen molar-refractivity contribution in [3.8, 4) is 5.69 Å². The SMILES string of the molecule is CC(C)(NC(=O)c1ccc(-n2ccnc2)cc1)c1cccc(Cl)c1. The molecule has 0 fully saturated rings. The minimum Gasteiger partial charge on any atom is -0.343 e. The number of hydrogen-bond acceptors (Lipinski definition) is 2. The van der Waals surface area contributed by atoms with Gasteiger partial charge in [-0.2, -0.15) is 0 Å². The summed E-state index contributed by atoms with van der Waals surface area (Å²) in [6, 6.07) is 14.9. The third-order valence-corrected chi connectivity index (χ3v) is 4.14. The van der Waals surface area contributed by atoms with Gasteiger partial charge in [0.2, 0.25) is 0 Å². The Morgan fingerprint density at radius 3 is 2.54 bits per heavy atom. The summed E-state index contributed by atoms with van der Waals surface area (Å²) in [5.41, 5.74) is 2.00. The molecule has 3 rings (SSSR count). The molecule has 0 saturated heterocycles. The normalized spacial score (nSPS) is 11.3. The predicted molar refractivity (Wildman–Crippen MR) is 95.5 cm³/mol. The first kappa shape index (κ1) is 16.3. The fraction of sp³-hybridized carbons (Fsp3) is 0.158. The summed E-state index contributed by atoms with van der Waals surface area (Å²) in [7, 11) is 0. The molecule has 1 N–H and O–H groups in total. The highest BCUT2D eigenvalue weighted by atomic mass is 35.5. The van der Waals surface area contributed by atoms with Gasteiger partial charge in [0, 0.05) is 28.7 Å². The first-order valence-corrected chi connectivity index (χ1v) is 8.00. The quantitative estimate of drug-likeness (QED) is 0.774. The van der Waals surface area contributed by atoms with Gasteiger partial charge in [-0.3, -0.25) is 4.79 Å². The molecule has 0 bridgehead atoms. The van der Waals surface area contributed by atoms with Crippen LogP contribution in [-0.4, -0.2) is 15.5 Å². The molecule has 1 heterocycles. The average molecular weight is 340 g/mol. The number of imidazole rings is 1. The number of nitrogens with zero attached hydrogens (tertiary/aromatic N) is 2. The van der Waals surface area contributed by atoms with Crippen LogP contribution in [0.2, 0.25) is 5.02 Å². The van der Waals surface area contributed by atoms with Crippen molar-refractivity contribution in [3.05, 3.63) is 83.4 Å². The molecule has 3 aromatic rings. The van der Waals surface area contributed by atoms with Gasteiger partial charge in [-0.25, -0.2) is 4.98 Å². The molecule has 0 radical (unpaired) electrons. The molecule has 5 heteroatoms. The molecule has 0 aliphatic heterocycles. The Morgan fingerprint density at radius 2 is 1.92 bits per heavy atom. The molecule has 0 saturated carbocycles. The Labute approximate surface area is 146 Å². The maximum Gasteiger partial charge on any atom is 0.251 e. The summed E-state index contributed by atoms with van der Waals surface area (Å²) in [6.07, 6.45) is 5.29. The Balaban J connectivity index is 1.77. The number of carbonyl (C=O) groups excluding carboxylic acids is 1. The minimum absolute atomic E-state index is 0.128. The maximum atomic E-state index is 12.6. The lowest BCUT2D eigenvalue weighted by atomic mass is 9.94. The van der Waals surface area contributed by atoms with Crippen LogP contribution in [0.4, 0.5) is 0 Å². The van der Waals surface area contributed by atoms with Gasteiger partial charge in [0.05, 0.1) is 11.9 Å². The van der Waals surface area contributed by atoms with Crippen LogP contribution >= 0.6 is 11.6 Å². The molecule has 2 aromatic carbocycles. The van der Waals surface area contributed by atoms with E-state index < -0.39 is 5.54 Å². The molecule has 0 atom stereocenters. The number of halogens is 1. The lowest BCUT2D eigenvalue weighted by Crippen LogP contribution is -2.41. The van der Waals surface area contributed by atoms with Crippen molar-refractivity contribution in [2.45, 2.75) is 19.4 Å². The van der Waals surface area contributed by atoms with Gasteiger partial charge in [0.1, 0.15) is 0 Å². The van der Waals surface area contributed by atoms with Crippen molar-refractivity contribution >= 4 is 17.5 Å². The molecule has 24 heavy (non-hydrogen) atoms. The highest BCUT2D eigenvalue weighted by molar-refractivity contribution is 6.30. The number of carbonyl (C=O) groups is 1. The van der Waals surface area contributed by atoms with Crippen LogP contribution in [0.15, 0.2) is 67.3 Å². The lowest BCUT2D eigenvalue weighted by Gasteiger charge is -2.27. The molecule has 0 unspecified atom stereocenters. The van der Waals surface area contributed by atoms with E-state index >= 15 is 0 Å². The molecule has 0 aliphatic carbocycles. The zero-order valence-corrected chi connectivity index (χ0v) is 14.3. The van der Waals surface area contributed by atoms with Crippen molar-refractivity contribution < 1.29 is 4.79 Å². The predicted octanol–water partition coefficient (Wildman–Crippen LogP) is 4.19. The van der Waals surface area contributed by atoms with E-state index in [0.717, 1.165) is 11.3 Å². The average Bonchev–Trinajstić information content (AvgIpc) is 3.09. The Kier molecular flexibility index (Phi) is 4.40. The lowest BCUT2D eigenvalue weighted by molar-refractivity contribution is 0.0912. The molecule has 4 nitrogen and oxygen atoms in total. The van der Waals surface area contributed by atoms with Gasteiger partial charge in [-0.05, 0) is 55.8 Å². The third kappa shape index (κ3) is 3.49. The second-order valence-electron chi connectivity index (χ2n) is 6.11. The van der Waals surface area contributed by atoms with Crippen molar-refractivity contribution in [3.63, 3.8) is 0 Å². The Bertz CT molecular complexity index is 839. The summed E-state index contributed by atoms with van der Waals surface area (Å²) in [6.45, 7) is 3.91. The molecular formula is C19H18ClN3O. The fourth-order valence-corrected chi connectivity index (χ4v) is 2.69. The van der Waals surface area contributed by atoms with Crippen LogP contribution in [0.1, 0.15) is 29.8 Å². The zero-order valence-electron chi connectivity index (χ0n) is 13.5. The van der Waals surface area contributed by atoms with E-state index in [-0.39, 0.29) is 5.91 Å². The van der Waals surface area contributed by atoms with Crippen LogP contribution < -0.4 is 5.32 Å². The first-order chi connectivity index (χ1) is 11.5. The molecule has 0 aliphatic rings. The number of nitrogens with one attached hydrogen (secondary N) is 1. The van der Waals surface area contributed by atoms with E-state index in [9.17, 15) is 4.79 Å². The van der Waals surface area contributed by atoms with Crippen molar-refractivity contribution in [2.75, 3.05) is 0 Å². The molecule has 0 spiro atoms. The first-order valence-electron chi connectivity index (χ1n) is 7.63. The second kappa shape index (κ2) is 6.49. The van der Waals surface area contributed by atoms with Crippen molar-refractivity contribution in [1.82, 2.24) is 14.9 Å². The second-order valence-corrected chi connectivity index (χ2v) is 6.54. The summed E-state index contributed by atoms with van der Waals surface area (Å²) in [5, 5.41) is 3.71. The number of benzene rings is 2. The summed E-state index contributed by atoms with van der Waals surface area (Å²) < 4.78 is 1.89. The van der Waals surface area contributed by atoms with Gasteiger partial charge >= 0.3 is 0 Å². The molecular weight excluding hydrogens is 322 g/mol. The zero-order chi connectivity index (χ0) is 17.2. The topological polar surface area (TPSA) is 46.9 Å². The van der Waals surface area contributed by atoms with Crippen molar-refractivity contribution in [1.29, 1.82) is 0 Å². The maximum absolute atomic E-state index is 12.6. The van der Waals surface area contributed by atoms with Gasteiger partial charge in [-0.15, -0.1) is 0 Å². The van der Waals surface area contributed by atoms with E-state index in [4.69, 9.17) is 11.6 Å². The molecule has 122 valence electrons. The van der Waals surface area contributed by atoms with E-state index in [1.54, 1.807) is 24.7 Å². The van der Waals surface area contributed by atoms with Crippen LogP contribution in [0.25, 0.3) is 5.69 Å². The van der Waals surface area contributed by atoms with Crippen molar-refractivity contribution in [2.24, 2.45) is 0 Å². The minimum atomic E-state index is -0.523. The largest absolute Gasteiger partial charge is 0.343 e. The fourth-order valence-electron chi connectivity index (χ4n) is 2.50. The molecule has 1 aromatic heterocycles. The highest BCUT2D eigenvalue weighted by Gasteiger charge is 2.23. The third-order valence-electron chi connectivity index (χ3n) is 3.90. The van der Waals surface area contributed by atoms with Gasteiger partial charge in [0.25, 0.3) is 5.91 Å². The molecule has 1 amide bonds. The van der Waals surface area contributed by atoms with Gasteiger partial charge < -0.3 is 9.88 Å². The Morgan fingerprint density at radius 1 is 1.17 bits per heavy atom. The van der Waals surface area contributed by atoms with E-state index in [1.165, 1.54) is 0 Å². The van der Waals surface area contributed by atoms with Crippen LogP contribution in [0, 0.1) is 0 Å². The number of rotatable bonds is 4. The summed E-state index contributed by atoms with van der Waals surface area (Å²) in [4.78, 5) is 16.6. The smallest absolute Gasteiger partial charge is 0.251 e. The number of aromatic nitrogens is 2. The number of hydrogen-bond donors (Lipinski definition) is 1. The number of amides is 1. The van der Waals surface area contributed by atoms with Crippen LogP contribution in [0.3, 0.4) is 0 Å². The highest BCUT2D eigenvalue weighted by Crippen LogP contribution is 2.23.